The molecule has 1 heterocycles. The lowest BCUT2D eigenvalue weighted by Gasteiger charge is -2.17. The van der Waals surface area contributed by atoms with Gasteiger partial charge in [-0.25, -0.2) is 9.97 Å². The van der Waals surface area contributed by atoms with E-state index < -0.39 is 17.3 Å². The molecule has 1 aliphatic carbocycles. The molecule has 0 saturated carbocycles. The second kappa shape index (κ2) is 6.87. The fourth-order valence-corrected chi connectivity index (χ4v) is 3.10. The summed E-state index contributed by atoms with van der Waals surface area (Å²) >= 11 is 0. The van der Waals surface area contributed by atoms with Crippen molar-refractivity contribution < 1.29 is 23.0 Å². The molecule has 1 aromatic heterocycles. The molecule has 0 fully saturated rings. The van der Waals surface area contributed by atoms with Crippen LogP contribution in [0.5, 0.6) is 5.75 Å². The molecular weight excluding hydrogens is 345 g/mol. The van der Waals surface area contributed by atoms with E-state index in [2.05, 4.69) is 9.97 Å². The van der Waals surface area contributed by atoms with Crippen LogP contribution in [0, 0.1) is 0 Å². The van der Waals surface area contributed by atoms with Crippen molar-refractivity contribution in [2.45, 2.75) is 51.3 Å². The summed E-state index contributed by atoms with van der Waals surface area (Å²) in [6.45, 7) is 3.61. The molecule has 3 rings (SSSR count). The monoisotopic (exact) mass is 366 g/mol. The van der Waals surface area contributed by atoms with Crippen molar-refractivity contribution in [2.24, 2.45) is 0 Å². The van der Waals surface area contributed by atoms with E-state index in [0.29, 0.717) is 24.2 Å². The molecule has 140 valence electrons. The van der Waals surface area contributed by atoms with Gasteiger partial charge < -0.3 is 9.84 Å². The van der Waals surface area contributed by atoms with Crippen molar-refractivity contribution in [3.8, 4) is 17.1 Å². The number of nitrogens with zero attached hydrogens (tertiary/aromatic N) is 2. The highest BCUT2D eigenvalue weighted by molar-refractivity contribution is 5.68. The second-order valence-electron chi connectivity index (χ2n) is 7.13. The molecule has 0 atom stereocenters. The molecule has 1 aliphatic rings. The van der Waals surface area contributed by atoms with Gasteiger partial charge >= 0.3 is 6.18 Å². The number of rotatable bonds is 5. The molecule has 0 bridgehead atoms. The normalized spacial score (nSPS) is 14.4. The molecule has 1 N–H and O–H groups in total. The fraction of sp³-hybridized carbons (Fsp3) is 0.474. The van der Waals surface area contributed by atoms with Crippen LogP contribution in [0.3, 0.4) is 0 Å². The van der Waals surface area contributed by atoms with Crippen LogP contribution in [0.1, 0.15) is 43.4 Å². The van der Waals surface area contributed by atoms with E-state index in [-0.39, 0.29) is 18.0 Å². The number of aliphatic hydroxyl groups is 1. The van der Waals surface area contributed by atoms with Crippen LogP contribution < -0.4 is 4.74 Å². The molecule has 0 aliphatic heterocycles. The molecule has 4 nitrogen and oxygen atoms in total. The summed E-state index contributed by atoms with van der Waals surface area (Å²) in [5.41, 5.74) is 0.148. The van der Waals surface area contributed by atoms with Crippen molar-refractivity contribution >= 4 is 0 Å². The van der Waals surface area contributed by atoms with E-state index in [1.807, 2.05) is 0 Å². The van der Waals surface area contributed by atoms with E-state index in [1.165, 1.54) is 12.4 Å². The molecular formula is C19H21F3N2O2. The Balaban J connectivity index is 1.89. The largest absolute Gasteiger partial charge is 0.490 e. The first-order valence-corrected chi connectivity index (χ1v) is 8.55. The molecule has 1 aromatic carbocycles. The van der Waals surface area contributed by atoms with Gasteiger partial charge in [0, 0.05) is 12.0 Å². The predicted octanol–water partition coefficient (Wildman–Crippen LogP) is 4.19. The number of hydrogen-bond donors (Lipinski definition) is 1. The third kappa shape index (κ3) is 4.15. The minimum atomic E-state index is -4.46. The predicted molar refractivity (Wildman–Crippen MR) is 90.9 cm³/mol. The maximum atomic E-state index is 13.5. The number of benzene rings is 1. The quantitative estimate of drug-likeness (QED) is 0.862. The van der Waals surface area contributed by atoms with Gasteiger partial charge in [0.1, 0.15) is 0 Å². The highest BCUT2D eigenvalue weighted by Crippen LogP contribution is 2.41. The Morgan fingerprint density at radius 3 is 2.42 bits per heavy atom. The average Bonchev–Trinajstić information content (AvgIpc) is 3.01. The minimum Gasteiger partial charge on any atom is -0.490 e. The van der Waals surface area contributed by atoms with Gasteiger partial charge in [-0.3, -0.25) is 0 Å². The highest BCUT2D eigenvalue weighted by atomic mass is 19.4. The van der Waals surface area contributed by atoms with Crippen molar-refractivity contribution in [2.75, 3.05) is 6.61 Å². The van der Waals surface area contributed by atoms with Crippen molar-refractivity contribution in [1.82, 2.24) is 9.97 Å². The number of aryl methyl sites for hydroxylation is 1. The maximum absolute atomic E-state index is 13.5. The molecule has 0 radical (unpaired) electrons. The molecule has 0 spiro atoms. The first-order valence-electron chi connectivity index (χ1n) is 8.55. The average molecular weight is 366 g/mol. The summed E-state index contributed by atoms with van der Waals surface area (Å²) in [4.78, 5) is 8.23. The van der Waals surface area contributed by atoms with E-state index in [9.17, 15) is 18.3 Å². The van der Waals surface area contributed by atoms with Gasteiger partial charge in [0.15, 0.2) is 11.6 Å². The zero-order chi connectivity index (χ0) is 18.9. The summed E-state index contributed by atoms with van der Waals surface area (Å²) < 4.78 is 45.8. The third-order valence-electron chi connectivity index (χ3n) is 4.42. The molecule has 0 amide bonds. The standard InChI is InChI=1S/C19H21F3N2O2/c1-18(2,25)8-9-26-13-10-23-17(24-11-13)16-14-5-3-4-12(14)6-7-15(16)19(20,21)22/h6-7,10-11,25H,3-5,8-9H2,1-2H3. The van der Waals surface area contributed by atoms with E-state index in [1.54, 1.807) is 19.9 Å². The summed E-state index contributed by atoms with van der Waals surface area (Å²) in [5, 5.41) is 9.67. The van der Waals surface area contributed by atoms with Crippen LogP contribution in [0.4, 0.5) is 13.2 Å². The molecule has 0 unspecified atom stereocenters. The van der Waals surface area contributed by atoms with Crippen LogP contribution in [0.2, 0.25) is 0 Å². The number of hydrogen-bond acceptors (Lipinski definition) is 4. The zero-order valence-corrected chi connectivity index (χ0v) is 14.7. The lowest BCUT2D eigenvalue weighted by atomic mass is 9.96. The lowest BCUT2D eigenvalue weighted by Crippen LogP contribution is -2.21. The SMILES string of the molecule is CC(C)(O)CCOc1cnc(-c2c(C(F)(F)F)ccc3c2CCC3)nc1. The maximum Gasteiger partial charge on any atom is 0.417 e. The van der Waals surface area contributed by atoms with Crippen molar-refractivity contribution in [3.05, 3.63) is 41.2 Å². The van der Waals surface area contributed by atoms with Gasteiger partial charge in [-0.2, -0.15) is 13.2 Å². The number of alkyl halides is 3. The van der Waals surface area contributed by atoms with Gasteiger partial charge in [0.2, 0.25) is 0 Å². The molecule has 7 heteroatoms. The van der Waals surface area contributed by atoms with Crippen molar-refractivity contribution in [3.63, 3.8) is 0 Å². The fourth-order valence-electron chi connectivity index (χ4n) is 3.10. The highest BCUT2D eigenvalue weighted by Gasteiger charge is 2.36. The Morgan fingerprint density at radius 1 is 1.12 bits per heavy atom. The topological polar surface area (TPSA) is 55.2 Å². The van der Waals surface area contributed by atoms with Crippen molar-refractivity contribution in [1.29, 1.82) is 0 Å². The summed E-state index contributed by atoms with van der Waals surface area (Å²) in [6.07, 6.45) is 0.919. The Morgan fingerprint density at radius 2 is 1.81 bits per heavy atom. The minimum absolute atomic E-state index is 0.0610. The van der Waals surface area contributed by atoms with Crippen LogP contribution in [0.25, 0.3) is 11.4 Å². The summed E-state index contributed by atoms with van der Waals surface area (Å²) in [5.74, 6) is 0.421. The number of fused-ring (bicyclic) bond motifs is 1. The van der Waals surface area contributed by atoms with Gasteiger partial charge in [0.05, 0.1) is 30.2 Å². The lowest BCUT2D eigenvalue weighted by molar-refractivity contribution is -0.137. The van der Waals surface area contributed by atoms with Crippen LogP contribution in [-0.2, 0) is 19.0 Å². The Bertz CT molecular complexity index is 781. The molecule has 26 heavy (non-hydrogen) atoms. The first kappa shape index (κ1) is 18.6. The number of halogens is 3. The molecule has 2 aromatic rings. The molecule has 0 saturated heterocycles. The third-order valence-corrected chi connectivity index (χ3v) is 4.42. The van der Waals surface area contributed by atoms with E-state index in [0.717, 1.165) is 24.5 Å². The van der Waals surface area contributed by atoms with Gasteiger partial charge in [-0.05, 0) is 50.3 Å². The second-order valence-corrected chi connectivity index (χ2v) is 7.13. The summed E-state index contributed by atoms with van der Waals surface area (Å²) in [7, 11) is 0. The van der Waals surface area contributed by atoms with E-state index in [4.69, 9.17) is 4.74 Å². The number of aromatic nitrogens is 2. The smallest absolute Gasteiger partial charge is 0.417 e. The van der Waals surface area contributed by atoms with E-state index >= 15 is 0 Å². The zero-order valence-electron chi connectivity index (χ0n) is 14.7. The Kier molecular flexibility index (Phi) is 4.92. The van der Waals surface area contributed by atoms with Crippen LogP contribution in [0.15, 0.2) is 24.5 Å². The van der Waals surface area contributed by atoms with Gasteiger partial charge in [0.25, 0.3) is 0 Å². The Hall–Kier alpha value is -2.15. The summed E-state index contributed by atoms with van der Waals surface area (Å²) in [6, 6.07) is 2.68. The van der Waals surface area contributed by atoms with Gasteiger partial charge in [-0.1, -0.05) is 6.07 Å². The van der Waals surface area contributed by atoms with Crippen LogP contribution >= 0.6 is 0 Å². The first-order chi connectivity index (χ1) is 12.1. The van der Waals surface area contributed by atoms with Crippen LogP contribution in [-0.4, -0.2) is 27.3 Å². The number of ether oxygens (including phenoxy) is 1. The van der Waals surface area contributed by atoms with Gasteiger partial charge in [-0.15, -0.1) is 0 Å². The Labute approximate surface area is 150 Å².